The molecule has 3 N–H and O–H groups in total. The SMILES string of the molecule is O=c1cc2oc(-c3ccc4ocnc4c3)c(O)cc-2c(O)c1O. The van der Waals surface area contributed by atoms with Crippen LogP contribution in [0.15, 0.2) is 50.4 Å². The van der Waals surface area contributed by atoms with Crippen molar-refractivity contribution in [3.63, 3.8) is 0 Å². The van der Waals surface area contributed by atoms with Crippen molar-refractivity contribution in [1.29, 1.82) is 0 Å². The number of benzene rings is 2. The van der Waals surface area contributed by atoms with Crippen LogP contribution in [0.5, 0.6) is 17.2 Å². The van der Waals surface area contributed by atoms with Gasteiger partial charge in [-0.05, 0) is 24.3 Å². The average molecular weight is 311 g/mol. The van der Waals surface area contributed by atoms with E-state index in [-0.39, 0.29) is 22.8 Å². The average Bonchev–Trinajstić information content (AvgIpc) is 3.01. The van der Waals surface area contributed by atoms with E-state index >= 15 is 0 Å². The smallest absolute Gasteiger partial charge is 0.227 e. The number of nitrogens with zero attached hydrogens (tertiary/aromatic N) is 1. The lowest BCUT2D eigenvalue weighted by Gasteiger charge is -2.12. The Morgan fingerprint density at radius 2 is 1.83 bits per heavy atom. The topological polar surface area (TPSA) is 117 Å². The summed E-state index contributed by atoms with van der Waals surface area (Å²) in [5.41, 5.74) is 0.938. The number of aromatic hydroxyl groups is 3. The molecule has 4 rings (SSSR count). The molecule has 1 aliphatic carbocycles. The predicted octanol–water partition coefficient (Wildman–Crippen LogP) is 2.67. The molecule has 1 aromatic heterocycles. The normalized spacial score (nSPS) is 11.3. The summed E-state index contributed by atoms with van der Waals surface area (Å²) in [6.07, 6.45) is 1.30. The molecular formula is C16H9NO6. The van der Waals surface area contributed by atoms with Gasteiger partial charge in [0.2, 0.25) is 11.2 Å². The van der Waals surface area contributed by atoms with Gasteiger partial charge in [0.05, 0.1) is 5.56 Å². The molecule has 2 heterocycles. The quantitative estimate of drug-likeness (QED) is 0.462. The van der Waals surface area contributed by atoms with Crippen LogP contribution in [-0.2, 0) is 0 Å². The zero-order valence-electron chi connectivity index (χ0n) is 11.5. The van der Waals surface area contributed by atoms with Crippen molar-refractivity contribution < 1.29 is 24.2 Å². The lowest BCUT2D eigenvalue weighted by molar-refractivity contribution is 0.396. The van der Waals surface area contributed by atoms with Gasteiger partial charge in [-0.3, -0.25) is 4.79 Å². The molecule has 0 atom stereocenters. The van der Waals surface area contributed by atoms with E-state index in [2.05, 4.69) is 4.98 Å². The molecule has 0 spiro atoms. The second-order valence-corrected chi connectivity index (χ2v) is 4.98. The Balaban J connectivity index is 2.00. The number of aromatic nitrogens is 1. The number of hydrogen-bond acceptors (Lipinski definition) is 7. The lowest BCUT2D eigenvalue weighted by atomic mass is 10.1. The number of hydrogen-bond donors (Lipinski definition) is 3. The Morgan fingerprint density at radius 3 is 2.65 bits per heavy atom. The summed E-state index contributed by atoms with van der Waals surface area (Å²) >= 11 is 0. The summed E-state index contributed by atoms with van der Waals surface area (Å²) in [4.78, 5) is 15.6. The third-order valence-electron chi connectivity index (χ3n) is 3.56. The van der Waals surface area contributed by atoms with E-state index in [1.165, 1.54) is 12.5 Å². The maximum Gasteiger partial charge on any atom is 0.227 e. The molecule has 1 aliphatic heterocycles. The van der Waals surface area contributed by atoms with E-state index in [1.807, 2.05) is 0 Å². The summed E-state index contributed by atoms with van der Waals surface area (Å²) in [5, 5.41) is 29.4. The van der Waals surface area contributed by atoms with Gasteiger partial charge in [-0.25, -0.2) is 4.98 Å². The Kier molecular flexibility index (Phi) is 2.59. The van der Waals surface area contributed by atoms with E-state index in [9.17, 15) is 20.1 Å². The molecule has 0 fully saturated rings. The molecule has 0 radical (unpaired) electrons. The molecule has 7 nitrogen and oxygen atoms in total. The van der Waals surface area contributed by atoms with Crippen LogP contribution in [0.3, 0.4) is 0 Å². The summed E-state index contributed by atoms with van der Waals surface area (Å²) < 4.78 is 10.7. The summed E-state index contributed by atoms with van der Waals surface area (Å²) in [6, 6.07) is 7.25. The summed E-state index contributed by atoms with van der Waals surface area (Å²) in [6.45, 7) is 0. The molecule has 0 saturated carbocycles. The fourth-order valence-electron chi connectivity index (χ4n) is 2.42. The first-order chi connectivity index (χ1) is 11.0. The molecule has 2 aromatic rings. The van der Waals surface area contributed by atoms with Crippen LogP contribution in [0.4, 0.5) is 0 Å². The largest absolute Gasteiger partial charge is 0.504 e. The molecule has 23 heavy (non-hydrogen) atoms. The Morgan fingerprint density at radius 1 is 1.00 bits per heavy atom. The highest BCUT2D eigenvalue weighted by molar-refractivity contribution is 5.82. The van der Waals surface area contributed by atoms with Gasteiger partial charge >= 0.3 is 0 Å². The highest BCUT2D eigenvalue weighted by Crippen LogP contribution is 2.42. The minimum absolute atomic E-state index is 0.0332. The molecule has 0 saturated heterocycles. The minimum Gasteiger partial charge on any atom is -0.504 e. The summed E-state index contributed by atoms with van der Waals surface area (Å²) in [5.74, 6) is -1.53. The van der Waals surface area contributed by atoms with Crippen molar-refractivity contribution >= 4 is 11.1 Å². The highest BCUT2D eigenvalue weighted by atomic mass is 16.4. The zero-order valence-corrected chi connectivity index (χ0v) is 11.5. The molecule has 0 unspecified atom stereocenters. The minimum atomic E-state index is -0.788. The highest BCUT2D eigenvalue weighted by Gasteiger charge is 2.21. The van der Waals surface area contributed by atoms with E-state index in [1.54, 1.807) is 18.2 Å². The molecule has 114 valence electrons. The Bertz CT molecular complexity index is 1080. The molecule has 0 amide bonds. The van der Waals surface area contributed by atoms with Crippen LogP contribution in [0.1, 0.15) is 0 Å². The monoisotopic (exact) mass is 311 g/mol. The van der Waals surface area contributed by atoms with Crippen LogP contribution < -0.4 is 5.43 Å². The van der Waals surface area contributed by atoms with Gasteiger partial charge in [-0.2, -0.15) is 0 Å². The van der Waals surface area contributed by atoms with Crippen molar-refractivity contribution in [2.75, 3.05) is 0 Å². The second-order valence-electron chi connectivity index (χ2n) is 4.98. The number of rotatable bonds is 1. The maximum absolute atomic E-state index is 11.6. The van der Waals surface area contributed by atoms with Crippen molar-refractivity contribution in [2.24, 2.45) is 0 Å². The second kappa shape index (κ2) is 4.51. The van der Waals surface area contributed by atoms with Gasteiger partial charge < -0.3 is 24.2 Å². The number of phenols is 2. The molecule has 1 aromatic carbocycles. The first kappa shape index (κ1) is 13.2. The predicted molar refractivity (Wildman–Crippen MR) is 79.6 cm³/mol. The van der Waals surface area contributed by atoms with Crippen molar-refractivity contribution in [2.45, 2.75) is 0 Å². The van der Waals surface area contributed by atoms with Gasteiger partial charge in [0.1, 0.15) is 11.3 Å². The first-order valence-corrected chi connectivity index (χ1v) is 6.60. The van der Waals surface area contributed by atoms with E-state index in [0.717, 1.165) is 6.07 Å². The van der Waals surface area contributed by atoms with Gasteiger partial charge in [-0.15, -0.1) is 0 Å². The zero-order chi connectivity index (χ0) is 16.1. The fraction of sp³-hybridized carbons (Fsp3) is 0. The van der Waals surface area contributed by atoms with Gasteiger partial charge in [0, 0.05) is 11.6 Å². The molecule has 7 heteroatoms. The molecular weight excluding hydrogens is 302 g/mol. The Labute approximate surface area is 128 Å². The molecule has 0 bridgehead atoms. The van der Waals surface area contributed by atoms with Crippen molar-refractivity contribution in [3.8, 4) is 39.9 Å². The van der Waals surface area contributed by atoms with Crippen LogP contribution in [-0.4, -0.2) is 20.3 Å². The number of oxazole rings is 1. The Hall–Kier alpha value is -3.48. The van der Waals surface area contributed by atoms with Crippen molar-refractivity contribution in [1.82, 2.24) is 4.98 Å². The van der Waals surface area contributed by atoms with Gasteiger partial charge in [0.15, 0.2) is 29.2 Å². The maximum atomic E-state index is 11.6. The van der Waals surface area contributed by atoms with Crippen molar-refractivity contribution in [3.05, 3.63) is 46.9 Å². The van der Waals surface area contributed by atoms with Gasteiger partial charge in [0.25, 0.3) is 0 Å². The number of fused-ring (bicyclic) bond motifs is 2. The first-order valence-electron chi connectivity index (χ1n) is 6.60. The van der Waals surface area contributed by atoms with E-state index in [0.29, 0.717) is 16.7 Å². The van der Waals surface area contributed by atoms with Crippen LogP contribution >= 0.6 is 0 Å². The standard InChI is InChI=1S/C16H9NO6/c18-10-5-13-8(14(20)15(10)21)4-11(19)16(23-13)7-1-2-12-9(3-7)17-6-22-12/h1-6,19-21H. The van der Waals surface area contributed by atoms with Crippen LogP contribution in [0, 0.1) is 0 Å². The third-order valence-corrected chi connectivity index (χ3v) is 3.56. The lowest BCUT2D eigenvalue weighted by Crippen LogP contribution is -2.01. The summed E-state index contributed by atoms with van der Waals surface area (Å²) in [7, 11) is 0. The van der Waals surface area contributed by atoms with E-state index in [4.69, 9.17) is 8.83 Å². The van der Waals surface area contributed by atoms with Gasteiger partial charge in [-0.1, -0.05) is 0 Å². The molecule has 2 aliphatic rings. The number of phenolic OH excluding ortho intramolecular Hbond substituents is 2. The van der Waals surface area contributed by atoms with Crippen LogP contribution in [0.25, 0.3) is 33.7 Å². The van der Waals surface area contributed by atoms with Crippen LogP contribution in [0.2, 0.25) is 0 Å². The van der Waals surface area contributed by atoms with E-state index < -0.39 is 16.9 Å². The fourth-order valence-corrected chi connectivity index (χ4v) is 2.42. The third kappa shape index (κ3) is 1.90.